The predicted molar refractivity (Wildman–Crippen MR) is 109 cm³/mol. The highest BCUT2D eigenvalue weighted by atomic mass is 127. The molecule has 3 nitrogen and oxygen atoms in total. The Morgan fingerprint density at radius 3 is 2.71 bits per heavy atom. The molecule has 0 radical (unpaired) electrons. The molecular formula is C20H24INO2. The van der Waals surface area contributed by atoms with E-state index in [1.807, 2.05) is 13.0 Å². The van der Waals surface area contributed by atoms with Gasteiger partial charge in [-0.25, -0.2) is 0 Å². The molecule has 0 amide bonds. The SMILES string of the molecule is C=CCOc1c(I)cc(CNc2cccc(C)c2C)cc1OCC. The summed E-state index contributed by atoms with van der Waals surface area (Å²) in [7, 11) is 0. The van der Waals surface area contributed by atoms with E-state index in [1.165, 1.54) is 11.1 Å². The van der Waals surface area contributed by atoms with Crippen molar-refractivity contribution < 1.29 is 9.47 Å². The lowest BCUT2D eigenvalue weighted by Crippen LogP contribution is -2.05. The van der Waals surface area contributed by atoms with Crippen LogP contribution >= 0.6 is 22.6 Å². The second-order valence-electron chi connectivity index (χ2n) is 5.54. The number of hydrogen-bond acceptors (Lipinski definition) is 3. The van der Waals surface area contributed by atoms with E-state index in [4.69, 9.17) is 9.47 Å². The Hall–Kier alpha value is -1.69. The van der Waals surface area contributed by atoms with E-state index in [-0.39, 0.29) is 0 Å². The molecule has 0 unspecified atom stereocenters. The smallest absolute Gasteiger partial charge is 0.174 e. The topological polar surface area (TPSA) is 30.5 Å². The molecule has 0 aliphatic heterocycles. The van der Waals surface area contributed by atoms with Gasteiger partial charge in [0.2, 0.25) is 0 Å². The Balaban J connectivity index is 2.21. The Kier molecular flexibility index (Phi) is 6.97. The molecule has 1 N–H and O–H groups in total. The molecule has 0 aliphatic carbocycles. The van der Waals surface area contributed by atoms with Crippen LogP contribution in [0, 0.1) is 17.4 Å². The second-order valence-corrected chi connectivity index (χ2v) is 6.70. The largest absolute Gasteiger partial charge is 0.490 e. The molecule has 0 fully saturated rings. The van der Waals surface area contributed by atoms with Gasteiger partial charge in [0.1, 0.15) is 6.61 Å². The minimum atomic E-state index is 0.468. The van der Waals surface area contributed by atoms with Crippen LogP contribution in [0.1, 0.15) is 23.6 Å². The summed E-state index contributed by atoms with van der Waals surface area (Å²) in [6.07, 6.45) is 1.74. The summed E-state index contributed by atoms with van der Waals surface area (Å²) in [6, 6.07) is 10.5. The minimum Gasteiger partial charge on any atom is -0.490 e. The van der Waals surface area contributed by atoms with Gasteiger partial charge < -0.3 is 14.8 Å². The fraction of sp³-hybridized carbons (Fsp3) is 0.300. The quantitative estimate of drug-likeness (QED) is 0.438. The number of rotatable bonds is 8. The van der Waals surface area contributed by atoms with Crippen molar-refractivity contribution in [2.75, 3.05) is 18.5 Å². The molecule has 4 heteroatoms. The molecule has 2 rings (SSSR count). The van der Waals surface area contributed by atoms with E-state index < -0.39 is 0 Å². The lowest BCUT2D eigenvalue weighted by atomic mass is 10.1. The van der Waals surface area contributed by atoms with Crippen molar-refractivity contribution in [1.29, 1.82) is 0 Å². The molecule has 0 saturated heterocycles. The van der Waals surface area contributed by atoms with Gasteiger partial charge in [-0.05, 0) is 78.3 Å². The molecule has 0 heterocycles. The Morgan fingerprint density at radius 1 is 1.21 bits per heavy atom. The van der Waals surface area contributed by atoms with Crippen LogP contribution in [0.15, 0.2) is 43.0 Å². The van der Waals surface area contributed by atoms with Crippen molar-refractivity contribution in [3.8, 4) is 11.5 Å². The summed E-state index contributed by atoms with van der Waals surface area (Å²) >= 11 is 2.29. The standard InChI is InChI=1S/C20H24INO2/c1-5-10-24-20-17(21)11-16(12-19(20)23-6-2)13-22-18-9-7-8-14(3)15(18)4/h5,7-9,11-12,22H,1,6,10,13H2,2-4H3. The third-order valence-electron chi connectivity index (χ3n) is 3.80. The van der Waals surface area contributed by atoms with Crippen LogP contribution in [0.2, 0.25) is 0 Å². The van der Waals surface area contributed by atoms with Crippen LogP contribution in [0.5, 0.6) is 11.5 Å². The molecule has 0 spiro atoms. The Morgan fingerprint density at radius 2 is 2.00 bits per heavy atom. The Labute approximate surface area is 158 Å². The van der Waals surface area contributed by atoms with Gasteiger partial charge in [-0.3, -0.25) is 0 Å². The van der Waals surface area contributed by atoms with Crippen LogP contribution < -0.4 is 14.8 Å². The zero-order valence-electron chi connectivity index (χ0n) is 14.5. The summed E-state index contributed by atoms with van der Waals surface area (Å²) in [5.41, 5.74) is 4.89. The number of hydrogen-bond donors (Lipinski definition) is 1. The number of anilines is 1. The van der Waals surface area contributed by atoms with Crippen LogP contribution in [0.3, 0.4) is 0 Å². The number of aryl methyl sites for hydroxylation is 1. The van der Waals surface area contributed by atoms with Crippen LogP contribution in [0.25, 0.3) is 0 Å². The van der Waals surface area contributed by atoms with Crippen LogP contribution in [0.4, 0.5) is 5.69 Å². The molecule has 0 aromatic heterocycles. The number of benzene rings is 2. The number of ether oxygens (including phenoxy) is 2. The van der Waals surface area contributed by atoms with Gasteiger partial charge in [-0.15, -0.1) is 0 Å². The highest BCUT2D eigenvalue weighted by molar-refractivity contribution is 14.1. The van der Waals surface area contributed by atoms with Crippen molar-refractivity contribution in [2.45, 2.75) is 27.3 Å². The number of nitrogens with one attached hydrogen (secondary N) is 1. The minimum absolute atomic E-state index is 0.468. The normalized spacial score (nSPS) is 10.3. The third-order valence-corrected chi connectivity index (χ3v) is 4.60. The predicted octanol–water partition coefficient (Wildman–Crippen LogP) is 5.48. The van der Waals surface area contributed by atoms with Crippen molar-refractivity contribution in [3.63, 3.8) is 0 Å². The average Bonchev–Trinajstić information content (AvgIpc) is 2.56. The zero-order chi connectivity index (χ0) is 17.5. The fourth-order valence-electron chi connectivity index (χ4n) is 2.41. The average molecular weight is 437 g/mol. The van der Waals surface area contributed by atoms with E-state index in [2.05, 4.69) is 72.6 Å². The van der Waals surface area contributed by atoms with Gasteiger partial charge in [0.05, 0.1) is 10.2 Å². The molecule has 2 aromatic carbocycles. The number of halogens is 1. The van der Waals surface area contributed by atoms with Crippen molar-refractivity contribution in [2.24, 2.45) is 0 Å². The summed E-state index contributed by atoms with van der Waals surface area (Å²) in [4.78, 5) is 0. The second kappa shape index (κ2) is 8.97. The van der Waals surface area contributed by atoms with Crippen LogP contribution in [-0.2, 0) is 6.54 Å². The molecule has 0 aliphatic rings. The van der Waals surface area contributed by atoms with E-state index >= 15 is 0 Å². The van der Waals surface area contributed by atoms with Gasteiger partial charge in [-0.1, -0.05) is 24.8 Å². The van der Waals surface area contributed by atoms with Gasteiger partial charge in [0.25, 0.3) is 0 Å². The first-order chi connectivity index (χ1) is 11.6. The summed E-state index contributed by atoms with van der Waals surface area (Å²) in [6.45, 7) is 11.8. The Bertz CT molecular complexity index is 713. The maximum absolute atomic E-state index is 5.76. The maximum Gasteiger partial charge on any atom is 0.174 e. The van der Waals surface area contributed by atoms with E-state index in [1.54, 1.807) is 6.08 Å². The zero-order valence-corrected chi connectivity index (χ0v) is 16.6. The first-order valence-corrected chi connectivity index (χ1v) is 9.13. The highest BCUT2D eigenvalue weighted by Crippen LogP contribution is 2.34. The van der Waals surface area contributed by atoms with Gasteiger partial charge in [-0.2, -0.15) is 0 Å². The van der Waals surface area contributed by atoms with Gasteiger partial charge in [0, 0.05) is 12.2 Å². The molecular weight excluding hydrogens is 413 g/mol. The summed E-state index contributed by atoms with van der Waals surface area (Å²) < 4.78 is 12.5. The van der Waals surface area contributed by atoms with Crippen molar-refractivity contribution >= 4 is 28.3 Å². The molecule has 0 atom stereocenters. The van der Waals surface area contributed by atoms with Gasteiger partial charge in [0.15, 0.2) is 11.5 Å². The molecule has 2 aromatic rings. The fourth-order valence-corrected chi connectivity index (χ4v) is 3.23. The monoisotopic (exact) mass is 437 g/mol. The maximum atomic E-state index is 5.76. The summed E-state index contributed by atoms with van der Waals surface area (Å²) in [5.74, 6) is 1.57. The first kappa shape index (κ1) is 18.6. The van der Waals surface area contributed by atoms with Crippen LogP contribution in [-0.4, -0.2) is 13.2 Å². The summed E-state index contributed by atoms with van der Waals surface area (Å²) in [5, 5.41) is 3.51. The van der Waals surface area contributed by atoms with Gasteiger partial charge >= 0.3 is 0 Å². The van der Waals surface area contributed by atoms with Crippen molar-refractivity contribution in [3.05, 3.63) is 63.2 Å². The third kappa shape index (κ3) is 4.66. The lowest BCUT2D eigenvalue weighted by molar-refractivity contribution is 0.295. The van der Waals surface area contributed by atoms with Crippen molar-refractivity contribution in [1.82, 2.24) is 0 Å². The molecule has 0 bridgehead atoms. The lowest BCUT2D eigenvalue weighted by Gasteiger charge is -2.16. The first-order valence-electron chi connectivity index (χ1n) is 8.05. The van der Waals surface area contributed by atoms with E-state index in [9.17, 15) is 0 Å². The van der Waals surface area contributed by atoms with E-state index in [0.29, 0.717) is 13.2 Å². The highest BCUT2D eigenvalue weighted by Gasteiger charge is 2.12. The molecule has 128 valence electrons. The van der Waals surface area contributed by atoms with E-state index in [0.717, 1.165) is 32.9 Å². The molecule has 0 saturated carbocycles. The molecule has 24 heavy (non-hydrogen) atoms.